The van der Waals surface area contributed by atoms with Crippen LogP contribution in [0.1, 0.15) is 23.1 Å². The molecule has 0 bridgehead atoms. The second-order valence-corrected chi connectivity index (χ2v) is 4.73. The molecule has 1 aromatic heterocycles. The Labute approximate surface area is 106 Å². The normalized spacial score (nSPS) is 9.53. The first-order chi connectivity index (χ1) is 8.26. The van der Waals surface area contributed by atoms with Crippen molar-refractivity contribution in [3.05, 3.63) is 21.9 Å². The minimum Gasteiger partial charge on any atom is -0.469 e. The van der Waals surface area contributed by atoms with Crippen LogP contribution >= 0.6 is 11.3 Å². The number of ether oxygens (including phenoxy) is 1. The third kappa shape index (κ3) is 5.53. The molecule has 0 aliphatic rings. The lowest BCUT2D eigenvalue weighted by Crippen LogP contribution is -2.13. The highest BCUT2D eigenvalue weighted by Crippen LogP contribution is 2.17. The molecule has 1 rings (SSSR count). The largest absolute Gasteiger partial charge is 0.469 e. The second kappa shape index (κ2) is 7.88. The van der Waals surface area contributed by atoms with E-state index in [1.807, 2.05) is 19.1 Å². The number of hydrogen-bond donors (Lipinski definition) is 1. The highest BCUT2D eigenvalue weighted by Gasteiger charge is 2.05. The van der Waals surface area contributed by atoms with Gasteiger partial charge in [0, 0.05) is 29.3 Å². The summed E-state index contributed by atoms with van der Waals surface area (Å²) in [5.41, 5.74) is 0. The summed E-state index contributed by atoms with van der Waals surface area (Å²) < 4.78 is 4.63. The predicted molar refractivity (Wildman–Crippen MR) is 69.8 cm³/mol. The van der Waals surface area contributed by atoms with E-state index in [2.05, 4.69) is 21.9 Å². The van der Waals surface area contributed by atoms with Gasteiger partial charge in [-0.05, 0) is 19.1 Å². The molecular weight excluding hydrogens is 234 g/mol. The molecule has 0 fully saturated rings. The Kier molecular flexibility index (Phi) is 6.38. The summed E-state index contributed by atoms with van der Waals surface area (Å²) in [4.78, 5) is 13.3. The lowest BCUT2D eigenvalue weighted by molar-refractivity contribution is -0.139. The average molecular weight is 251 g/mol. The standard InChI is InChI=1S/C13H17NO2S/c1-3-4-5-8-14-10-12-7-6-11(17-12)9-13(15)16-2/h6-7,14H,5,8-10H2,1-2H3. The molecule has 0 aliphatic heterocycles. The van der Waals surface area contributed by atoms with E-state index in [0.29, 0.717) is 6.42 Å². The minimum atomic E-state index is -0.190. The number of rotatable bonds is 6. The molecule has 0 amide bonds. The number of nitrogens with one attached hydrogen (secondary N) is 1. The molecule has 0 aliphatic carbocycles. The molecule has 0 radical (unpaired) electrons. The Morgan fingerprint density at radius 1 is 1.47 bits per heavy atom. The Morgan fingerprint density at radius 3 is 2.94 bits per heavy atom. The van der Waals surface area contributed by atoms with Crippen molar-refractivity contribution < 1.29 is 9.53 Å². The lowest BCUT2D eigenvalue weighted by Gasteiger charge is -1.99. The fourth-order valence-corrected chi connectivity index (χ4v) is 2.29. The van der Waals surface area contributed by atoms with Crippen molar-refractivity contribution in [3.63, 3.8) is 0 Å². The van der Waals surface area contributed by atoms with Gasteiger partial charge in [0.2, 0.25) is 0 Å². The molecule has 17 heavy (non-hydrogen) atoms. The molecule has 1 N–H and O–H groups in total. The molecule has 92 valence electrons. The van der Waals surface area contributed by atoms with Crippen LogP contribution in [0.5, 0.6) is 0 Å². The summed E-state index contributed by atoms with van der Waals surface area (Å²) in [5, 5.41) is 3.31. The zero-order valence-electron chi connectivity index (χ0n) is 10.2. The summed E-state index contributed by atoms with van der Waals surface area (Å²) in [6, 6.07) is 4.02. The smallest absolute Gasteiger partial charge is 0.310 e. The fourth-order valence-electron chi connectivity index (χ4n) is 1.31. The topological polar surface area (TPSA) is 38.3 Å². The third-order valence-electron chi connectivity index (χ3n) is 2.17. The molecule has 4 heteroatoms. The molecule has 0 spiro atoms. The first-order valence-electron chi connectivity index (χ1n) is 5.51. The molecular formula is C13H17NO2S. The number of carbonyl (C=O) groups excluding carboxylic acids is 1. The fraction of sp³-hybridized carbons (Fsp3) is 0.462. The first kappa shape index (κ1) is 13.8. The van der Waals surface area contributed by atoms with Crippen LogP contribution in [0.25, 0.3) is 0 Å². The zero-order chi connectivity index (χ0) is 12.5. The van der Waals surface area contributed by atoms with Crippen molar-refractivity contribution in [2.45, 2.75) is 26.3 Å². The van der Waals surface area contributed by atoms with Crippen molar-refractivity contribution in [3.8, 4) is 11.8 Å². The third-order valence-corrected chi connectivity index (χ3v) is 3.25. The highest BCUT2D eigenvalue weighted by molar-refractivity contribution is 7.12. The second-order valence-electron chi connectivity index (χ2n) is 3.47. The van der Waals surface area contributed by atoms with Crippen LogP contribution < -0.4 is 5.32 Å². The van der Waals surface area contributed by atoms with Crippen LogP contribution in [0.4, 0.5) is 0 Å². The van der Waals surface area contributed by atoms with Crippen molar-refractivity contribution in [1.82, 2.24) is 5.32 Å². The van der Waals surface area contributed by atoms with Gasteiger partial charge in [-0.2, -0.15) is 0 Å². The highest BCUT2D eigenvalue weighted by atomic mass is 32.1. The van der Waals surface area contributed by atoms with E-state index in [1.54, 1.807) is 11.3 Å². The quantitative estimate of drug-likeness (QED) is 0.477. The predicted octanol–water partition coefficient (Wildman–Crippen LogP) is 1.97. The number of esters is 1. The first-order valence-corrected chi connectivity index (χ1v) is 6.32. The van der Waals surface area contributed by atoms with E-state index >= 15 is 0 Å². The van der Waals surface area contributed by atoms with Gasteiger partial charge in [-0.15, -0.1) is 23.2 Å². The number of carbonyl (C=O) groups is 1. The SMILES string of the molecule is CC#CCCNCc1ccc(CC(=O)OC)s1. The summed E-state index contributed by atoms with van der Waals surface area (Å²) in [7, 11) is 1.41. The van der Waals surface area contributed by atoms with E-state index in [-0.39, 0.29) is 5.97 Å². The van der Waals surface area contributed by atoms with Crippen LogP contribution in [0.2, 0.25) is 0 Å². The van der Waals surface area contributed by atoms with E-state index in [4.69, 9.17) is 0 Å². The summed E-state index contributed by atoms with van der Waals surface area (Å²) >= 11 is 1.64. The summed E-state index contributed by atoms with van der Waals surface area (Å²) in [6.45, 7) is 3.57. The van der Waals surface area contributed by atoms with E-state index < -0.39 is 0 Å². The summed E-state index contributed by atoms with van der Waals surface area (Å²) in [6.07, 6.45) is 1.24. The minimum absolute atomic E-state index is 0.190. The number of hydrogen-bond acceptors (Lipinski definition) is 4. The summed E-state index contributed by atoms with van der Waals surface area (Å²) in [5.74, 6) is 5.67. The van der Waals surface area contributed by atoms with Crippen molar-refractivity contribution in [2.24, 2.45) is 0 Å². The molecule has 1 heterocycles. The maximum absolute atomic E-state index is 11.1. The van der Waals surface area contributed by atoms with E-state index in [0.717, 1.165) is 24.4 Å². The maximum Gasteiger partial charge on any atom is 0.310 e. The van der Waals surface area contributed by atoms with Crippen LogP contribution in [0.3, 0.4) is 0 Å². The maximum atomic E-state index is 11.1. The molecule has 0 saturated heterocycles. The zero-order valence-corrected chi connectivity index (χ0v) is 11.0. The van der Waals surface area contributed by atoms with Crippen LogP contribution in [0.15, 0.2) is 12.1 Å². The Morgan fingerprint density at radius 2 is 2.24 bits per heavy atom. The van der Waals surface area contributed by atoms with Crippen LogP contribution in [0, 0.1) is 11.8 Å². The molecule has 0 atom stereocenters. The van der Waals surface area contributed by atoms with Crippen molar-refractivity contribution >= 4 is 17.3 Å². The van der Waals surface area contributed by atoms with Crippen molar-refractivity contribution in [1.29, 1.82) is 0 Å². The van der Waals surface area contributed by atoms with Crippen LogP contribution in [-0.2, 0) is 22.5 Å². The van der Waals surface area contributed by atoms with Crippen LogP contribution in [-0.4, -0.2) is 19.6 Å². The Hall–Kier alpha value is -1.31. The average Bonchev–Trinajstić information content (AvgIpc) is 2.76. The van der Waals surface area contributed by atoms with Crippen molar-refractivity contribution in [2.75, 3.05) is 13.7 Å². The number of methoxy groups -OCH3 is 1. The Balaban J connectivity index is 2.29. The van der Waals surface area contributed by atoms with Gasteiger partial charge < -0.3 is 10.1 Å². The van der Waals surface area contributed by atoms with Gasteiger partial charge >= 0.3 is 5.97 Å². The van der Waals surface area contributed by atoms with Gasteiger partial charge in [0.15, 0.2) is 0 Å². The van der Waals surface area contributed by atoms with Gasteiger partial charge in [-0.1, -0.05) is 0 Å². The molecule has 1 aromatic rings. The monoisotopic (exact) mass is 251 g/mol. The lowest BCUT2D eigenvalue weighted by atomic mass is 10.3. The molecule has 0 unspecified atom stereocenters. The van der Waals surface area contributed by atoms with Gasteiger partial charge in [-0.3, -0.25) is 4.79 Å². The molecule has 0 saturated carbocycles. The number of thiophene rings is 1. The van der Waals surface area contributed by atoms with E-state index in [1.165, 1.54) is 12.0 Å². The molecule has 3 nitrogen and oxygen atoms in total. The van der Waals surface area contributed by atoms with Gasteiger partial charge in [0.25, 0.3) is 0 Å². The molecule has 0 aromatic carbocycles. The van der Waals surface area contributed by atoms with E-state index in [9.17, 15) is 4.79 Å². The van der Waals surface area contributed by atoms with Gasteiger partial charge in [0.1, 0.15) is 0 Å². The van der Waals surface area contributed by atoms with Gasteiger partial charge in [-0.25, -0.2) is 0 Å². The Bertz CT molecular complexity index is 415. The van der Waals surface area contributed by atoms with Gasteiger partial charge in [0.05, 0.1) is 13.5 Å².